The molecule has 2 N–H and O–H groups in total. The summed E-state index contributed by atoms with van der Waals surface area (Å²) in [5.41, 5.74) is 1.19. The number of hydroxylamine groups is 1. The maximum atomic E-state index is 12.9. The number of methoxy groups -OCH3 is 2. The van der Waals surface area contributed by atoms with E-state index in [9.17, 15) is 13.2 Å². The third-order valence-electron chi connectivity index (χ3n) is 3.77. The third kappa shape index (κ3) is 3.26. The number of benzene rings is 1. The predicted octanol–water partition coefficient (Wildman–Crippen LogP) is 0.997. The molecule has 0 bridgehead atoms. The van der Waals surface area contributed by atoms with E-state index in [0.29, 0.717) is 13.1 Å². The lowest BCUT2D eigenvalue weighted by atomic mass is 10.1. The molecule has 128 valence electrons. The SMILES string of the molecule is COc1ccc(S(=O)(=O)N2CCCCC2)c(C(=O)NO)c1OC. The van der Waals surface area contributed by atoms with E-state index in [1.54, 1.807) is 0 Å². The van der Waals surface area contributed by atoms with Crippen molar-refractivity contribution in [2.45, 2.75) is 24.2 Å². The van der Waals surface area contributed by atoms with Crippen molar-refractivity contribution in [3.63, 3.8) is 0 Å². The van der Waals surface area contributed by atoms with E-state index in [0.717, 1.165) is 19.3 Å². The summed E-state index contributed by atoms with van der Waals surface area (Å²) >= 11 is 0. The van der Waals surface area contributed by atoms with Gasteiger partial charge in [0.2, 0.25) is 10.0 Å². The fourth-order valence-electron chi connectivity index (χ4n) is 2.64. The van der Waals surface area contributed by atoms with Gasteiger partial charge in [0.05, 0.1) is 19.1 Å². The van der Waals surface area contributed by atoms with E-state index in [1.165, 1.54) is 36.1 Å². The molecule has 1 saturated heterocycles. The van der Waals surface area contributed by atoms with Crippen LogP contribution in [-0.4, -0.2) is 51.1 Å². The molecule has 0 unspecified atom stereocenters. The Labute approximate surface area is 135 Å². The second kappa shape index (κ2) is 7.16. The normalized spacial score (nSPS) is 16.0. The van der Waals surface area contributed by atoms with Gasteiger partial charge in [-0.1, -0.05) is 6.42 Å². The van der Waals surface area contributed by atoms with Crippen molar-refractivity contribution in [1.29, 1.82) is 0 Å². The molecule has 9 heteroatoms. The van der Waals surface area contributed by atoms with Gasteiger partial charge >= 0.3 is 0 Å². The Morgan fingerprint density at radius 2 is 1.83 bits per heavy atom. The topological polar surface area (TPSA) is 105 Å². The molecule has 0 aliphatic carbocycles. The molecule has 1 amide bonds. The monoisotopic (exact) mass is 344 g/mol. The van der Waals surface area contributed by atoms with E-state index in [-0.39, 0.29) is 22.0 Å². The number of rotatable bonds is 5. The van der Waals surface area contributed by atoms with Gasteiger partial charge in [-0.25, -0.2) is 13.9 Å². The summed E-state index contributed by atoms with van der Waals surface area (Å²) in [6, 6.07) is 2.71. The average molecular weight is 344 g/mol. The van der Waals surface area contributed by atoms with Gasteiger partial charge in [0.15, 0.2) is 11.5 Å². The summed E-state index contributed by atoms with van der Waals surface area (Å²) in [6.07, 6.45) is 2.52. The summed E-state index contributed by atoms with van der Waals surface area (Å²) in [6.45, 7) is 0.799. The van der Waals surface area contributed by atoms with Crippen LogP contribution in [-0.2, 0) is 10.0 Å². The van der Waals surface area contributed by atoms with Crippen molar-refractivity contribution in [2.75, 3.05) is 27.3 Å². The van der Waals surface area contributed by atoms with Crippen LogP contribution >= 0.6 is 0 Å². The van der Waals surface area contributed by atoms with E-state index in [2.05, 4.69) is 0 Å². The molecule has 1 aliphatic heterocycles. The van der Waals surface area contributed by atoms with Gasteiger partial charge in [-0.05, 0) is 25.0 Å². The molecule has 1 fully saturated rings. The van der Waals surface area contributed by atoms with Crippen molar-refractivity contribution in [2.24, 2.45) is 0 Å². The highest BCUT2D eigenvalue weighted by molar-refractivity contribution is 7.89. The summed E-state index contributed by atoms with van der Waals surface area (Å²) in [5, 5.41) is 8.97. The fraction of sp³-hybridized carbons (Fsp3) is 0.500. The molecule has 1 aromatic carbocycles. The Bertz CT molecular complexity index is 683. The Balaban J connectivity index is 2.63. The van der Waals surface area contributed by atoms with Crippen LogP contribution in [0.2, 0.25) is 0 Å². The first-order valence-corrected chi connectivity index (χ1v) is 8.61. The number of amides is 1. The number of nitrogens with one attached hydrogen (secondary N) is 1. The third-order valence-corrected chi connectivity index (χ3v) is 5.71. The molecule has 1 aromatic rings. The highest BCUT2D eigenvalue weighted by Crippen LogP contribution is 2.36. The minimum Gasteiger partial charge on any atom is -0.493 e. The second-order valence-electron chi connectivity index (χ2n) is 5.08. The van der Waals surface area contributed by atoms with Gasteiger partial charge in [0, 0.05) is 13.1 Å². The van der Waals surface area contributed by atoms with Crippen LogP contribution in [0, 0.1) is 0 Å². The Hall–Kier alpha value is -1.84. The van der Waals surface area contributed by atoms with Gasteiger partial charge in [0.1, 0.15) is 5.56 Å². The lowest BCUT2D eigenvalue weighted by Gasteiger charge is -2.27. The highest BCUT2D eigenvalue weighted by atomic mass is 32.2. The number of carbonyl (C=O) groups is 1. The summed E-state index contributed by atoms with van der Waals surface area (Å²) < 4.78 is 37.3. The molecule has 1 heterocycles. The number of hydrogen-bond donors (Lipinski definition) is 2. The van der Waals surface area contributed by atoms with Crippen LogP contribution in [0.5, 0.6) is 11.5 Å². The Morgan fingerprint density at radius 3 is 2.35 bits per heavy atom. The molecule has 0 saturated carbocycles. The molecule has 0 spiro atoms. The van der Waals surface area contributed by atoms with E-state index in [1.807, 2.05) is 0 Å². The standard InChI is InChI=1S/C14H20N2O6S/c1-21-10-6-7-11(12(13(10)22-2)14(17)15-18)23(19,20)16-8-4-3-5-9-16/h6-7,18H,3-5,8-9H2,1-2H3,(H,15,17). The quantitative estimate of drug-likeness (QED) is 0.610. The molecule has 23 heavy (non-hydrogen) atoms. The largest absolute Gasteiger partial charge is 0.493 e. The molecule has 2 rings (SSSR count). The molecular formula is C14H20N2O6S. The smallest absolute Gasteiger partial charge is 0.279 e. The zero-order valence-electron chi connectivity index (χ0n) is 13.0. The zero-order valence-corrected chi connectivity index (χ0v) is 13.9. The van der Waals surface area contributed by atoms with Crippen LogP contribution in [0.4, 0.5) is 0 Å². The average Bonchev–Trinajstić information content (AvgIpc) is 2.60. The van der Waals surface area contributed by atoms with Gasteiger partial charge < -0.3 is 9.47 Å². The van der Waals surface area contributed by atoms with Crippen molar-refractivity contribution in [1.82, 2.24) is 9.79 Å². The minimum atomic E-state index is -3.88. The van der Waals surface area contributed by atoms with E-state index >= 15 is 0 Å². The van der Waals surface area contributed by atoms with Crippen LogP contribution in [0.15, 0.2) is 17.0 Å². The van der Waals surface area contributed by atoms with E-state index in [4.69, 9.17) is 14.7 Å². The lowest BCUT2D eigenvalue weighted by Crippen LogP contribution is -2.37. The fourth-order valence-corrected chi connectivity index (χ4v) is 4.34. The van der Waals surface area contributed by atoms with Crippen LogP contribution in [0.1, 0.15) is 29.6 Å². The van der Waals surface area contributed by atoms with E-state index < -0.39 is 15.9 Å². The lowest BCUT2D eigenvalue weighted by molar-refractivity contribution is 0.0698. The van der Waals surface area contributed by atoms with Gasteiger partial charge in [-0.3, -0.25) is 10.0 Å². The molecular weight excluding hydrogens is 324 g/mol. The first-order chi connectivity index (χ1) is 11.0. The minimum absolute atomic E-state index is 0.0443. The number of carbonyl (C=O) groups excluding carboxylic acids is 1. The first kappa shape index (κ1) is 17.5. The van der Waals surface area contributed by atoms with Gasteiger partial charge in [-0.15, -0.1) is 0 Å². The van der Waals surface area contributed by atoms with Crippen LogP contribution < -0.4 is 15.0 Å². The van der Waals surface area contributed by atoms with Gasteiger partial charge in [-0.2, -0.15) is 4.31 Å². The highest BCUT2D eigenvalue weighted by Gasteiger charge is 2.33. The van der Waals surface area contributed by atoms with Crippen molar-refractivity contribution in [3.8, 4) is 11.5 Å². The molecule has 1 aliphatic rings. The number of piperidine rings is 1. The van der Waals surface area contributed by atoms with Gasteiger partial charge in [0.25, 0.3) is 5.91 Å². The molecule has 8 nitrogen and oxygen atoms in total. The maximum absolute atomic E-state index is 12.9. The number of hydrogen-bond acceptors (Lipinski definition) is 6. The summed E-state index contributed by atoms with van der Waals surface area (Å²) in [7, 11) is -1.21. The van der Waals surface area contributed by atoms with Crippen LogP contribution in [0.3, 0.4) is 0 Å². The zero-order chi connectivity index (χ0) is 17.0. The van der Waals surface area contributed by atoms with Crippen molar-refractivity contribution < 1.29 is 27.9 Å². The Kier molecular flexibility index (Phi) is 5.45. The molecule has 0 atom stereocenters. The summed E-state index contributed by atoms with van der Waals surface area (Å²) in [4.78, 5) is 11.8. The predicted molar refractivity (Wildman–Crippen MR) is 81.4 cm³/mol. The van der Waals surface area contributed by atoms with Crippen molar-refractivity contribution >= 4 is 15.9 Å². The second-order valence-corrected chi connectivity index (χ2v) is 6.99. The summed E-state index contributed by atoms with van der Waals surface area (Å²) in [5.74, 6) is -0.822. The number of sulfonamides is 1. The Morgan fingerprint density at radius 1 is 1.17 bits per heavy atom. The number of ether oxygens (including phenoxy) is 2. The molecule has 0 radical (unpaired) electrons. The molecule has 0 aromatic heterocycles. The first-order valence-electron chi connectivity index (χ1n) is 7.17. The maximum Gasteiger partial charge on any atom is 0.279 e. The van der Waals surface area contributed by atoms with Crippen molar-refractivity contribution in [3.05, 3.63) is 17.7 Å². The van der Waals surface area contributed by atoms with Crippen LogP contribution in [0.25, 0.3) is 0 Å². The number of nitrogens with zero attached hydrogens (tertiary/aromatic N) is 1.